The molecule has 0 spiro atoms. The van der Waals surface area contributed by atoms with Gasteiger partial charge in [-0.25, -0.2) is 8.42 Å². The molecular formula is C39H41BN2O2S. The zero-order valence-corrected chi connectivity index (χ0v) is 28.4. The first-order chi connectivity index (χ1) is 21.4. The molecule has 0 unspecified atom stereocenters. The molecule has 0 atom stereocenters. The van der Waals surface area contributed by atoms with Crippen LogP contribution in [0.3, 0.4) is 0 Å². The summed E-state index contributed by atoms with van der Waals surface area (Å²) in [4.78, 5) is 2.24. The standard InChI is InChI=1S/C39H41BN2O2S/c1-26-22-28(3)38(29(4)23-26)40(39-30(5)24-27(2)25-31(39)6)33-19-17-32(18-20-33)12-11-21-41-45(43,44)37-16-10-13-34-35(37)14-9-15-36(34)42(7)8/h9-10,13-20,22-25,41H,21H2,1-8H3. The van der Waals surface area contributed by atoms with Crippen molar-refractivity contribution in [3.63, 3.8) is 0 Å². The Morgan fingerprint density at radius 1 is 0.689 bits per heavy atom. The predicted octanol–water partition coefficient (Wildman–Crippen LogP) is 5.60. The van der Waals surface area contributed by atoms with Gasteiger partial charge in [0, 0.05) is 36.1 Å². The van der Waals surface area contributed by atoms with Crippen LogP contribution in [0.25, 0.3) is 10.8 Å². The second-order valence-electron chi connectivity index (χ2n) is 12.3. The molecule has 0 heterocycles. The molecule has 6 heteroatoms. The van der Waals surface area contributed by atoms with Gasteiger partial charge in [-0.1, -0.05) is 122 Å². The zero-order chi connectivity index (χ0) is 32.5. The molecule has 0 aromatic heterocycles. The molecule has 5 rings (SSSR count). The highest BCUT2D eigenvalue weighted by molar-refractivity contribution is 7.89. The van der Waals surface area contributed by atoms with E-state index in [9.17, 15) is 8.42 Å². The van der Waals surface area contributed by atoms with Gasteiger partial charge in [-0.05, 0) is 65.8 Å². The van der Waals surface area contributed by atoms with Crippen LogP contribution in [-0.2, 0) is 10.0 Å². The number of benzene rings is 5. The van der Waals surface area contributed by atoms with Crippen molar-refractivity contribution in [3.05, 3.63) is 124 Å². The quantitative estimate of drug-likeness (QED) is 0.192. The fourth-order valence-electron chi connectivity index (χ4n) is 6.77. The molecule has 0 aliphatic carbocycles. The van der Waals surface area contributed by atoms with Gasteiger partial charge < -0.3 is 4.90 Å². The van der Waals surface area contributed by atoms with Crippen LogP contribution in [0.1, 0.15) is 38.9 Å². The van der Waals surface area contributed by atoms with Crippen LogP contribution in [0.4, 0.5) is 5.69 Å². The molecule has 45 heavy (non-hydrogen) atoms. The molecule has 1 N–H and O–H groups in total. The Labute approximate surface area is 269 Å². The van der Waals surface area contributed by atoms with Crippen molar-refractivity contribution in [2.45, 2.75) is 46.4 Å². The van der Waals surface area contributed by atoms with Crippen molar-refractivity contribution in [1.29, 1.82) is 0 Å². The van der Waals surface area contributed by atoms with Crippen molar-refractivity contribution in [3.8, 4) is 11.8 Å². The summed E-state index contributed by atoms with van der Waals surface area (Å²) in [6.07, 6.45) is 0. The minimum atomic E-state index is -3.76. The molecule has 0 radical (unpaired) electrons. The monoisotopic (exact) mass is 612 g/mol. The summed E-state index contributed by atoms with van der Waals surface area (Å²) in [7, 11) is 0.143. The maximum absolute atomic E-state index is 13.3. The van der Waals surface area contributed by atoms with Crippen LogP contribution in [0.15, 0.2) is 89.8 Å². The van der Waals surface area contributed by atoms with Crippen LogP contribution in [0, 0.1) is 53.4 Å². The highest BCUT2D eigenvalue weighted by Crippen LogP contribution is 2.30. The largest absolute Gasteiger partial charge is 0.377 e. The number of anilines is 1. The number of rotatable bonds is 7. The summed E-state index contributed by atoms with van der Waals surface area (Å²) in [5.41, 5.74) is 13.4. The van der Waals surface area contributed by atoms with Crippen LogP contribution in [-0.4, -0.2) is 35.8 Å². The molecule has 0 saturated heterocycles. The summed E-state index contributed by atoms with van der Waals surface area (Å²) >= 11 is 0. The average molecular weight is 613 g/mol. The van der Waals surface area contributed by atoms with E-state index in [2.05, 4.69) is 94.5 Å². The van der Waals surface area contributed by atoms with E-state index in [1.165, 1.54) is 49.8 Å². The number of aryl methyl sites for hydroxylation is 6. The number of nitrogens with one attached hydrogen (secondary N) is 1. The number of hydrogen-bond donors (Lipinski definition) is 1. The molecular weight excluding hydrogens is 571 g/mol. The van der Waals surface area contributed by atoms with Gasteiger partial charge in [-0.15, -0.1) is 0 Å². The Balaban J connectivity index is 1.42. The van der Waals surface area contributed by atoms with Gasteiger partial charge in [0.25, 0.3) is 0 Å². The third-order valence-electron chi connectivity index (χ3n) is 8.51. The Bertz CT molecular complexity index is 1970. The highest BCUT2D eigenvalue weighted by Gasteiger charge is 2.28. The number of nitrogens with zero attached hydrogens (tertiary/aromatic N) is 1. The van der Waals surface area contributed by atoms with Crippen LogP contribution in [0.5, 0.6) is 0 Å². The molecule has 4 nitrogen and oxygen atoms in total. The van der Waals surface area contributed by atoms with Crippen LogP contribution < -0.4 is 26.0 Å². The number of fused-ring (bicyclic) bond motifs is 1. The van der Waals surface area contributed by atoms with E-state index >= 15 is 0 Å². The maximum atomic E-state index is 13.3. The lowest BCUT2D eigenvalue weighted by Crippen LogP contribution is -2.55. The minimum absolute atomic E-state index is 0.0139. The lowest BCUT2D eigenvalue weighted by Gasteiger charge is -2.24. The normalized spacial score (nSPS) is 11.3. The van der Waals surface area contributed by atoms with E-state index < -0.39 is 10.0 Å². The summed E-state index contributed by atoms with van der Waals surface area (Å²) < 4.78 is 29.3. The van der Waals surface area contributed by atoms with E-state index in [-0.39, 0.29) is 18.2 Å². The van der Waals surface area contributed by atoms with Crippen molar-refractivity contribution in [2.24, 2.45) is 0 Å². The Morgan fingerprint density at radius 3 is 1.73 bits per heavy atom. The van der Waals surface area contributed by atoms with E-state index in [1.807, 2.05) is 55.4 Å². The predicted molar refractivity (Wildman–Crippen MR) is 193 cm³/mol. The van der Waals surface area contributed by atoms with Gasteiger partial charge in [0.05, 0.1) is 11.4 Å². The fourth-order valence-corrected chi connectivity index (χ4v) is 7.92. The summed E-state index contributed by atoms with van der Waals surface area (Å²) in [6.45, 7) is 13.2. The number of sulfonamides is 1. The molecule has 0 saturated carbocycles. The summed E-state index contributed by atoms with van der Waals surface area (Å²) in [5, 5.41) is 1.58. The first-order valence-electron chi connectivity index (χ1n) is 15.3. The molecule has 0 bridgehead atoms. The lowest BCUT2D eigenvalue weighted by atomic mass is 9.34. The Hall–Kier alpha value is -4.31. The molecule has 0 aliphatic heterocycles. The summed E-state index contributed by atoms with van der Waals surface area (Å²) in [5.74, 6) is 6.17. The van der Waals surface area contributed by atoms with Gasteiger partial charge in [0.2, 0.25) is 16.7 Å². The first-order valence-corrected chi connectivity index (χ1v) is 16.8. The van der Waals surface area contributed by atoms with Crippen molar-refractivity contribution in [1.82, 2.24) is 4.72 Å². The van der Waals surface area contributed by atoms with Crippen molar-refractivity contribution >= 4 is 49.6 Å². The van der Waals surface area contributed by atoms with Gasteiger partial charge in [-0.3, -0.25) is 0 Å². The third kappa shape index (κ3) is 6.71. The van der Waals surface area contributed by atoms with Crippen molar-refractivity contribution in [2.75, 3.05) is 25.5 Å². The van der Waals surface area contributed by atoms with E-state index in [0.29, 0.717) is 5.39 Å². The van der Waals surface area contributed by atoms with E-state index in [4.69, 9.17) is 0 Å². The molecule has 5 aromatic carbocycles. The molecule has 0 fully saturated rings. The minimum Gasteiger partial charge on any atom is -0.377 e. The molecule has 228 valence electrons. The van der Waals surface area contributed by atoms with Gasteiger partial charge >= 0.3 is 0 Å². The fraction of sp³-hybridized carbons (Fsp3) is 0.231. The average Bonchev–Trinajstić information content (AvgIpc) is 2.97. The number of hydrogen-bond acceptors (Lipinski definition) is 3. The molecule has 5 aromatic rings. The van der Waals surface area contributed by atoms with Gasteiger partial charge in [0.15, 0.2) is 0 Å². The van der Waals surface area contributed by atoms with Crippen molar-refractivity contribution < 1.29 is 8.42 Å². The maximum Gasteiger partial charge on any atom is 0.242 e. The smallest absolute Gasteiger partial charge is 0.242 e. The second kappa shape index (κ2) is 13.0. The zero-order valence-electron chi connectivity index (χ0n) is 27.5. The topological polar surface area (TPSA) is 49.4 Å². The Kier molecular flexibility index (Phi) is 9.25. The SMILES string of the molecule is Cc1cc(C)c(B(c2ccc(C#CCNS(=O)(=O)c3cccc4c(N(C)C)cccc34)cc2)c2c(C)cc(C)cc2C)c(C)c1. The molecule has 0 aliphatic rings. The van der Waals surface area contributed by atoms with Crippen LogP contribution >= 0.6 is 0 Å². The molecule has 0 amide bonds. The van der Waals surface area contributed by atoms with E-state index in [0.717, 1.165) is 16.6 Å². The first kappa shape index (κ1) is 32.1. The second-order valence-corrected chi connectivity index (χ2v) is 14.1. The summed E-state index contributed by atoms with van der Waals surface area (Å²) in [6, 6.07) is 28.6. The lowest BCUT2D eigenvalue weighted by molar-refractivity contribution is 0.587. The Morgan fingerprint density at radius 2 is 1.20 bits per heavy atom. The van der Waals surface area contributed by atoms with E-state index in [1.54, 1.807) is 12.1 Å². The van der Waals surface area contributed by atoms with Gasteiger partial charge in [0.1, 0.15) is 0 Å². The van der Waals surface area contributed by atoms with Crippen LogP contribution in [0.2, 0.25) is 0 Å². The highest BCUT2D eigenvalue weighted by atomic mass is 32.2. The third-order valence-corrected chi connectivity index (χ3v) is 9.97. The van der Waals surface area contributed by atoms with Gasteiger partial charge in [-0.2, -0.15) is 4.72 Å².